The Bertz CT molecular complexity index is 570. The summed E-state index contributed by atoms with van der Waals surface area (Å²) >= 11 is 1.09. The van der Waals surface area contributed by atoms with Crippen molar-refractivity contribution in [2.75, 3.05) is 44.7 Å². The van der Waals surface area contributed by atoms with Crippen molar-refractivity contribution in [3.63, 3.8) is 0 Å². The molecule has 1 amide bonds. The van der Waals surface area contributed by atoms with Gasteiger partial charge in [-0.1, -0.05) is 0 Å². The highest BCUT2D eigenvalue weighted by Gasteiger charge is 2.33. The van der Waals surface area contributed by atoms with Crippen LogP contribution in [0.3, 0.4) is 0 Å². The maximum absolute atomic E-state index is 12.5. The van der Waals surface area contributed by atoms with Gasteiger partial charge < -0.3 is 9.80 Å². The minimum absolute atomic E-state index is 0.0208. The average molecular weight is 325 g/mol. The number of likely N-dealkylation sites (tertiary alicyclic amines) is 1. The van der Waals surface area contributed by atoms with Gasteiger partial charge in [0.25, 0.3) is 0 Å². The summed E-state index contributed by atoms with van der Waals surface area (Å²) in [5.41, 5.74) is 0. The summed E-state index contributed by atoms with van der Waals surface area (Å²) in [4.78, 5) is 33.0. The summed E-state index contributed by atoms with van der Waals surface area (Å²) in [6, 6.07) is 0.0208. The van der Waals surface area contributed by atoms with Crippen molar-refractivity contribution in [1.29, 1.82) is 0 Å². The number of aromatic nitrogens is 1. The lowest BCUT2D eigenvalue weighted by Gasteiger charge is -2.36. The Morgan fingerprint density at radius 2 is 2.09 bits per heavy atom. The first-order valence-electron chi connectivity index (χ1n) is 7.40. The standard InChI is InChI=1S/C13H19N5O3S/c1-15-4-2-3-10(15)12(19)16-5-7-17(8-6-16)13-14-9-11(22-13)18(20)21/h9-10H,2-8H2,1H3/t10-/m1/s1. The zero-order valence-electron chi connectivity index (χ0n) is 12.5. The fourth-order valence-corrected chi connectivity index (χ4v) is 3.82. The number of amides is 1. The zero-order chi connectivity index (χ0) is 15.7. The van der Waals surface area contributed by atoms with Gasteiger partial charge in [0.1, 0.15) is 6.20 Å². The van der Waals surface area contributed by atoms with Crippen LogP contribution in [0.25, 0.3) is 0 Å². The van der Waals surface area contributed by atoms with Gasteiger partial charge in [-0.2, -0.15) is 0 Å². The number of hydrogen-bond acceptors (Lipinski definition) is 7. The van der Waals surface area contributed by atoms with Gasteiger partial charge in [-0.15, -0.1) is 0 Å². The van der Waals surface area contributed by atoms with Crippen LogP contribution < -0.4 is 4.90 Å². The van der Waals surface area contributed by atoms with Crippen LogP contribution in [0.4, 0.5) is 10.1 Å². The molecule has 0 saturated carbocycles. The first-order chi connectivity index (χ1) is 10.6. The summed E-state index contributed by atoms with van der Waals surface area (Å²) in [5, 5.41) is 11.4. The highest BCUT2D eigenvalue weighted by Crippen LogP contribution is 2.29. The van der Waals surface area contributed by atoms with Crippen LogP contribution in [0.1, 0.15) is 12.8 Å². The number of likely N-dealkylation sites (N-methyl/N-ethyl adjacent to an activating group) is 1. The fraction of sp³-hybridized carbons (Fsp3) is 0.692. The van der Waals surface area contributed by atoms with Crippen molar-refractivity contribution in [2.24, 2.45) is 0 Å². The van der Waals surface area contributed by atoms with E-state index in [9.17, 15) is 14.9 Å². The molecule has 0 radical (unpaired) electrons. The third-order valence-corrected chi connectivity index (χ3v) is 5.34. The molecule has 2 saturated heterocycles. The van der Waals surface area contributed by atoms with Crippen molar-refractivity contribution in [3.8, 4) is 0 Å². The predicted octanol–water partition coefficient (Wildman–Crippen LogP) is 0.794. The molecule has 2 fully saturated rings. The van der Waals surface area contributed by atoms with Gasteiger partial charge in [-0.05, 0) is 37.8 Å². The fourth-order valence-electron chi connectivity index (χ4n) is 3.04. The number of anilines is 1. The van der Waals surface area contributed by atoms with Crippen LogP contribution >= 0.6 is 11.3 Å². The van der Waals surface area contributed by atoms with Gasteiger partial charge in [-0.25, -0.2) is 4.98 Å². The Kier molecular flexibility index (Phi) is 4.25. The summed E-state index contributed by atoms with van der Waals surface area (Å²) in [6.45, 7) is 3.63. The van der Waals surface area contributed by atoms with E-state index in [1.54, 1.807) is 0 Å². The van der Waals surface area contributed by atoms with E-state index in [1.165, 1.54) is 6.20 Å². The molecule has 2 aliphatic heterocycles. The topological polar surface area (TPSA) is 82.8 Å². The first kappa shape index (κ1) is 15.2. The second kappa shape index (κ2) is 6.17. The number of nitro groups is 1. The number of thiazole rings is 1. The van der Waals surface area contributed by atoms with Crippen LogP contribution in [-0.4, -0.2) is 71.4 Å². The lowest BCUT2D eigenvalue weighted by molar-refractivity contribution is -0.380. The molecule has 0 aliphatic carbocycles. The largest absolute Gasteiger partial charge is 0.345 e. The van der Waals surface area contributed by atoms with Crippen LogP contribution in [0.15, 0.2) is 6.20 Å². The Balaban J connectivity index is 1.57. The van der Waals surface area contributed by atoms with Crippen molar-refractivity contribution in [1.82, 2.24) is 14.8 Å². The van der Waals surface area contributed by atoms with Crippen molar-refractivity contribution < 1.29 is 9.72 Å². The molecule has 120 valence electrons. The van der Waals surface area contributed by atoms with Crippen molar-refractivity contribution in [3.05, 3.63) is 16.3 Å². The van der Waals surface area contributed by atoms with E-state index in [2.05, 4.69) is 9.88 Å². The summed E-state index contributed by atoms with van der Waals surface area (Å²) in [7, 11) is 2.00. The third kappa shape index (κ3) is 2.91. The van der Waals surface area contributed by atoms with Gasteiger partial charge in [0.2, 0.25) is 5.91 Å². The lowest BCUT2D eigenvalue weighted by atomic mass is 10.2. The number of rotatable bonds is 3. The van der Waals surface area contributed by atoms with Crippen molar-refractivity contribution in [2.45, 2.75) is 18.9 Å². The summed E-state index contributed by atoms with van der Waals surface area (Å²) in [5.74, 6) is 0.213. The molecule has 8 nitrogen and oxygen atoms in total. The van der Waals surface area contributed by atoms with E-state index in [4.69, 9.17) is 0 Å². The van der Waals surface area contributed by atoms with E-state index in [0.29, 0.717) is 31.3 Å². The van der Waals surface area contributed by atoms with Crippen LogP contribution in [0, 0.1) is 10.1 Å². The molecule has 1 atom stereocenters. The summed E-state index contributed by atoms with van der Waals surface area (Å²) < 4.78 is 0. The van der Waals surface area contributed by atoms with E-state index < -0.39 is 4.92 Å². The molecule has 22 heavy (non-hydrogen) atoms. The monoisotopic (exact) mass is 325 g/mol. The average Bonchev–Trinajstić information content (AvgIpc) is 3.15. The number of carbonyl (C=O) groups is 1. The second-order valence-electron chi connectivity index (χ2n) is 5.69. The van der Waals surface area contributed by atoms with E-state index in [0.717, 1.165) is 30.7 Å². The molecule has 0 bridgehead atoms. The van der Waals surface area contributed by atoms with Gasteiger partial charge in [0.15, 0.2) is 5.13 Å². The maximum Gasteiger partial charge on any atom is 0.345 e. The Labute approximate surface area is 132 Å². The van der Waals surface area contributed by atoms with E-state index >= 15 is 0 Å². The van der Waals surface area contributed by atoms with Crippen LogP contribution in [0.5, 0.6) is 0 Å². The first-order valence-corrected chi connectivity index (χ1v) is 8.22. The highest BCUT2D eigenvalue weighted by atomic mass is 32.1. The Morgan fingerprint density at radius 1 is 1.36 bits per heavy atom. The Hall–Kier alpha value is -1.74. The molecular weight excluding hydrogens is 306 g/mol. The number of nitrogens with zero attached hydrogens (tertiary/aromatic N) is 5. The SMILES string of the molecule is CN1CCC[C@@H]1C(=O)N1CCN(c2ncc([N+](=O)[O-])s2)CC1. The van der Waals surface area contributed by atoms with Gasteiger partial charge in [0, 0.05) is 26.2 Å². The smallest absolute Gasteiger partial charge is 0.344 e. The molecule has 0 unspecified atom stereocenters. The molecule has 1 aromatic rings. The molecule has 9 heteroatoms. The molecule has 0 N–H and O–H groups in total. The van der Waals surface area contributed by atoms with Gasteiger partial charge in [-0.3, -0.25) is 19.8 Å². The van der Waals surface area contributed by atoms with Gasteiger partial charge in [0.05, 0.1) is 11.0 Å². The molecule has 2 aliphatic rings. The molecule has 3 heterocycles. The third-order valence-electron chi connectivity index (χ3n) is 4.33. The Morgan fingerprint density at radius 3 is 2.64 bits per heavy atom. The quantitative estimate of drug-likeness (QED) is 0.604. The summed E-state index contributed by atoms with van der Waals surface area (Å²) in [6.07, 6.45) is 3.31. The minimum atomic E-state index is -0.420. The van der Waals surface area contributed by atoms with E-state index in [-0.39, 0.29) is 17.0 Å². The molecule has 0 aromatic carbocycles. The van der Waals surface area contributed by atoms with Crippen LogP contribution in [0.2, 0.25) is 0 Å². The second-order valence-corrected chi connectivity index (χ2v) is 6.68. The van der Waals surface area contributed by atoms with Crippen LogP contribution in [-0.2, 0) is 4.79 Å². The number of piperazine rings is 1. The molecule has 1 aromatic heterocycles. The molecule has 3 rings (SSSR count). The highest BCUT2D eigenvalue weighted by molar-refractivity contribution is 7.18. The van der Waals surface area contributed by atoms with E-state index in [1.807, 2.05) is 16.8 Å². The maximum atomic E-state index is 12.5. The molecular formula is C13H19N5O3S. The zero-order valence-corrected chi connectivity index (χ0v) is 13.3. The minimum Gasteiger partial charge on any atom is -0.344 e. The predicted molar refractivity (Wildman–Crippen MR) is 83.2 cm³/mol. The molecule has 0 spiro atoms. The van der Waals surface area contributed by atoms with Crippen molar-refractivity contribution >= 4 is 27.4 Å². The number of carbonyl (C=O) groups excluding carboxylic acids is 1. The van der Waals surface area contributed by atoms with Gasteiger partial charge >= 0.3 is 5.00 Å². The lowest BCUT2D eigenvalue weighted by Crippen LogP contribution is -2.53. The number of hydrogen-bond donors (Lipinski definition) is 0. The normalized spacial score (nSPS) is 23.0.